The fourth-order valence-electron chi connectivity index (χ4n) is 3.19. The minimum atomic E-state index is -1.18. The summed E-state index contributed by atoms with van der Waals surface area (Å²) in [6, 6.07) is 8.78. The second-order valence-corrected chi connectivity index (χ2v) is 7.56. The SMILES string of the molecule is CC1=C(/C=C/C(C)(O)/C=C/OC(=O)c2ccccc2)C(C)(C)CCC1. The van der Waals surface area contributed by atoms with E-state index in [1.54, 1.807) is 37.3 Å². The molecule has 0 fully saturated rings. The molecule has 1 atom stereocenters. The summed E-state index contributed by atoms with van der Waals surface area (Å²) in [7, 11) is 0. The van der Waals surface area contributed by atoms with Crippen LogP contribution in [-0.2, 0) is 4.74 Å². The highest BCUT2D eigenvalue weighted by molar-refractivity contribution is 5.89. The predicted molar refractivity (Wildman–Crippen MR) is 101 cm³/mol. The molecule has 0 saturated heterocycles. The Bertz CT molecular complexity index is 691. The number of carbonyl (C=O) groups excluding carboxylic acids is 1. The molecule has 1 aliphatic rings. The van der Waals surface area contributed by atoms with Crippen LogP contribution in [0, 0.1) is 5.41 Å². The van der Waals surface area contributed by atoms with Gasteiger partial charge in [0.05, 0.1) is 11.8 Å². The van der Waals surface area contributed by atoms with Gasteiger partial charge >= 0.3 is 5.97 Å². The van der Waals surface area contributed by atoms with Gasteiger partial charge in [0.1, 0.15) is 5.60 Å². The molecular formula is C22H28O3. The van der Waals surface area contributed by atoms with Gasteiger partial charge in [-0.1, -0.05) is 43.7 Å². The van der Waals surface area contributed by atoms with Gasteiger partial charge in [-0.2, -0.15) is 0 Å². The van der Waals surface area contributed by atoms with E-state index in [0.717, 1.165) is 12.8 Å². The van der Waals surface area contributed by atoms with E-state index < -0.39 is 11.6 Å². The Kier molecular flexibility index (Phi) is 6.02. The van der Waals surface area contributed by atoms with Crippen molar-refractivity contribution >= 4 is 5.97 Å². The van der Waals surface area contributed by atoms with Crippen molar-refractivity contribution in [3.63, 3.8) is 0 Å². The number of hydrogen-bond acceptors (Lipinski definition) is 3. The second kappa shape index (κ2) is 7.83. The van der Waals surface area contributed by atoms with Gasteiger partial charge in [0.25, 0.3) is 0 Å². The molecule has 0 aliphatic heterocycles. The maximum Gasteiger partial charge on any atom is 0.342 e. The number of hydrogen-bond donors (Lipinski definition) is 1. The molecule has 1 aliphatic carbocycles. The molecule has 1 aromatic carbocycles. The van der Waals surface area contributed by atoms with Crippen molar-refractivity contribution in [1.29, 1.82) is 0 Å². The maximum absolute atomic E-state index is 11.9. The molecule has 25 heavy (non-hydrogen) atoms. The standard InChI is InChI=1S/C22H28O3/c1-17-9-8-13-21(2,3)19(17)12-14-22(4,24)15-16-25-20(23)18-10-6-5-7-11-18/h5-7,10-12,14-16,24H,8-9,13H2,1-4H3/b14-12+,16-15+. The summed E-state index contributed by atoms with van der Waals surface area (Å²) in [6.07, 6.45) is 9.97. The highest BCUT2D eigenvalue weighted by Gasteiger charge is 2.27. The molecule has 3 heteroatoms. The fourth-order valence-corrected chi connectivity index (χ4v) is 3.19. The van der Waals surface area contributed by atoms with Crippen LogP contribution in [0.15, 0.2) is 66.0 Å². The van der Waals surface area contributed by atoms with Gasteiger partial charge in [-0.3, -0.25) is 0 Å². The third kappa shape index (κ3) is 5.43. The van der Waals surface area contributed by atoms with Gasteiger partial charge in [0, 0.05) is 0 Å². The molecule has 0 bridgehead atoms. The largest absolute Gasteiger partial charge is 0.431 e. The van der Waals surface area contributed by atoms with Crippen molar-refractivity contribution < 1.29 is 14.6 Å². The molecular weight excluding hydrogens is 312 g/mol. The van der Waals surface area contributed by atoms with Gasteiger partial charge in [0.15, 0.2) is 0 Å². The van der Waals surface area contributed by atoms with E-state index in [2.05, 4.69) is 20.8 Å². The first-order chi connectivity index (χ1) is 11.7. The summed E-state index contributed by atoms with van der Waals surface area (Å²) in [6.45, 7) is 8.30. The van der Waals surface area contributed by atoms with Gasteiger partial charge < -0.3 is 9.84 Å². The van der Waals surface area contributed by atoms with Gasteiger partial charge in [-0.25, -0.2) is 4.79 Å². The lowest BCUT2D eigenvalue weighted by Gasteiger charge is -2.33. The first-order valence-corrected chi connectivity index (χ1v) is 8.77. The van der Waals surface area contributed by atoms with Crippen LogP contribution < -0.4 is 0 Å². The number of esters is 1. The highest BCUT2D eigenvalue weighted by Crippen LogP contribution is 2.40. The van der Waals surface area contributed by atoms with Gasteiger partial charge in [-0.15, -0.1) is 0 Å². The van der Waals surface area contributed by atoms with Crippen LogP contribution in [0.3, 0.4) is 0 Å². The van der Waals surface area contributed by atoms with Crippen molar-refractivity contribution in [2.45, 2.75) is 52.6 Å². The van der Waals surface area contributed by atoms with E-state index >= 15 is 0 Å². The van der Waals surface area contributed by atoms with E-state index in [1.807, 2.05) is 12.1 Å². The van der Waals surface area contributed by atoms with Crippen LogP contribution in [0.2, 0.25) is 0 Å². The lowest BCUT2D eigenvalue weighted by Crippen LogP contribution is -2.21. The number of allylic oxidation sites excluding steroid dienone is 3. The number of benzene rings is 1. The summed E-state index contributed by atoms with van der Waals surface area (Å²) in [5.74, 6) is -0.441. The molecule has 0 spiro atoms. The van der Waals surface area contributed by atoms with Crippen molar-refractivity contribution in [2.75, 3.05) is 0 Å². The zero-order valence-corrected chi connectivity index (χ0v) is 15.6. The first kappa shape index (κ1) is 19.2. The molecule has 0 saturated carbocycles. The third-order valence-corrected chi connectivity index (χ3v) is 4.72. The van der Waals surface area contributed by atoms with E-state index in [-0.39, 0.29) is 5.41 Å². The highest BCUT2D eigenvalue weighted by atomic mass is 16.5. The first-order valence-electron chi connectivity index (χ1n) is 8.77. The quantitative estimate of drug-likeness (QED) is 0.592. The summed E-state index contributed by atoms with van der Waals surface area (Å²) < 4.78 is 5.09. The van der Waals surface area contributed by atoms with Crippen molar-refractivity contribution in [1.82, 2.24) is 0 Å². The topological polar surface area (TPSA) is 46.5 Å². The molecule has 1 N–H and O–H groups in total. The number of ether oxygens (including phenoxy) is 1. The zero-order chi connectivity index (χ0) is 18.5. The molecule has 0 amide bonds. The van der Waals surface area contributed by atoms with E-state index in [9.17, 15) is 9.90 Å². The lowest BCUT2D eigenvalue weighted by atomic mass is 9.72. The van der Waals surface area contributed by atoms with Crippen molar-refractivity contribution in [2.24, 2.45) is 5.41 Å². The van der Waals surface area contributed by atoms with Gasteiger partial charge in [0.2, 0.25) is 0 Å². The van der Waals surface area contributed by atoms with Crippen LogP contribution in [-0.4, -0.2) is 16.7 Å². The van der Waals surface area contributed by atoms with Crippen LogP contribution in [0.1, 0.15) is 57.3 Å². The van der Waals surface area contributed by atoms with E-state index in [1.165, 1.54) is 29.9 Å². The molecule has 0 radical (unpaired) electrons. The second-order valence-electron chi connectivity index (χ2n) is 7.56. The molecule has 0 heterocycles. The minimum Gasteiger partial charge on any atom is -0.431 e. The Balaban J connectivity index is 2.02. The van der Waals surface area contributed by atoms with Crippen LogP contribution in [0.4, 0.5) is 0 Å². The van der Waals surface area contributed by atoms with E-state index in [4.69, 9.17) is 4.74 Å². The predicted octanol–water partition coefficient (Wildman–Crippen LogP) is 5.19. The molecule has 0 aromatic heterocycles. The average Bonchev–Trinajstić information content (AvgIpc) is 2.54. The van der Waals surface area contributed by atoms with E-state index in [0.29, 0.717) is 5.56 Å². The fraction of sp³-hybridized carbons (Fsp3) is 0.409. The molecule has 2 rings (SSSR count). The Labute approximate surface area is 150 Å². The monoisotopic (exact) mass is 340 g/mol. The summed E-state index contributed by atoms with van der Waals surface area (Å²) >= 11 is 0. The average molecular weight is 340 g/mol. The lowest BCUT2D eigenvalue weighted by molar-refractivity contribution is 0.0656. The summed E-state index contributed by atoms with van der Waals surface area (Å²) in [4.78, 5) is 11.9. The molecule has 1 unspecified atom stereocenters. The molecule has 1 aromatic rings. The van der Waals surface area contributed by atoms with Gasteiger partial charge in [-0.05, 0) is 68.4 Å². The van der Waals surface area contributed by atoms with Crippen molar-refractivity contribution in [3.05, 3.63) is 71.5 Å². The third-order valence-electron chi connectivity index (χ3n) is 4.72. The normalized spacial score (nSPS) is 20.0. The zero-order valence-electron chi connectivity index (χ0n) is 15.6. The maximum atomic E-state index is 11.9. The number of aliphatic hydroxyl groups is 1. The molecule has 134 valence electrons. The van der Waals surface area contributed by atoms with Crippen molar-refractivity contribution in [3.8, 4) is 0 Å². The Morgan fingerprint density at radius 1 is 1.24 bits per heavy atom. The van der Waals surface area contributed by atoms with Crippen LogP contribution in [0.25, 0.3) is 0 Å². The smallest absolute Gasteiger partial charge is 0.342 e. The Morgan fingerprint density at radius 3 is 2.56 bits per heavy atom. The Hall–Kier alpha value is -2.13. The van der Waals surface area contributed by atoms with Crippen LogP contribution >= 0.6 is 0 Å². The number of carbonyl (C=O) groups is 1. The Morgan fingerprint density at radius 2 is 1.92 bits per heavy atom. The van der Waals surface area contributed by atoms with Crippen LogP contribution in [0.5, 0.6) is 0 Å². The minimum absolute atomic E-state index is 0.123. The molecule has 3 nitrogen and oxygen atoms in total. The summed E-state index contributed by atoms with van der Waals surface area (Å²) in [5, 5.41) is 10.5. The number of rotatable bonds is 5. The summed E-state index contributed by atoms with van der Waals surface area (Å²) in [5.41, 5.74) is 2.08.